The lowest BCUT2D eigenvalue weighted by Crippen LogP contribution is -2.31. The Kier molecular flexibility index (Phi) is 6.70. The van der Waals surface area contributed by atoms with Gasteiger partial charge in [-0.15, -0.1) is 0 Å². The second-order valence-corrected chi connectivity index (χ2v) is 6.34. The maximum Gasteiger partial charge on any atom is 0.325 e. The molecule has 2 N–H and O–H groups in total. The minimum atomic E-state index is -0.764. The van der Waals surface area contributed by atoms with Gasteiger partial charge in [0.1, 0.15) is 11.7 Å². The average molecular weight is 406 g/mol. The summed E-state index contributed by atoms with van der Waals surface area (Å²) in [6.07, 6.45) is 1.63. The molecule has 0 aliphatic rings. The highest BCUT2D eigenvalue weighted by Crippen LogP contribution is 2.37. The molecule has 0 unspecified atom stereocenters. The molecule has 0 aliphatic carbocycles. The molecule has 1 aromatic carbocycles. The van der Waals surface area contributed by atoms with Gasteiger partial charge in [-0.2, -0.15) is 0 Å². The Bertz CT molecular complexity index is 827. The molecule has 0 spiro atoms. The van der Waals surface area contributed by atoms with Crippen molar-refractivity contribution in [3.8, 4) is 5.75 Å². The fourth-order valence-corrected chi connectivity index (χ4v) is 2.60. The predicted molar refractivity (Wildman–Crippen MR) is 96.6 cm³/mol. The van der Waals surface area contributed by atoms with Gasteiger partial charge in [-0.3, -0.25) is 9.59 Å². The number of carbonyl (C=O) groups is 2. The van der Waals surface area contributed by atoms with Crippen molar-refractivity contribution in [2.75, 3.05) is 13.2 Å². The lowest BCUT2D eigenvalue weighted by molar-refractivity contribution is -0.142. The number of esters is 1. The summed E-state index contributed by atoms with van der Waals surface area (Å²) in [5.41, 5.74) is -0.322. The fraction of sp³-hybridized carbons (Fsp3) is 0.312. The zero-order valence-electron chi connectivity index (χ0n) is 13.2. The third-order valence-electron chi connectivity index (χ3n) is 3.34. The first-order valence-electron chi connectivity index (χ1n) is 7.46. The van der Waals surface area contributed by atoms with E-state index in [0.717, 1.165) is 12.8 Å². The van der Waals surface area contributed by atoms with Crippen molar-refractivity contribution in [1.82, 2.24) is 10.3 Å². The number of halogens is 3. The van der Waals surface area contributed by atoms with Crippen LogP contribution in [0.5, 0.6) is 5.75 Å². The summed E-state index contributed by atoms with van der Waals surface area (Å²) in [7, 11) is 0. The van der Waals surface area contributed by atoms with Gasteiger partial charge in [-0.25, -0.2) is 4.98 Å². The molecule has 2 rings (SSSR count). The molecule has 6 nitrogen and oxygen atoms in total. The zero-order valence-corrected chi connectivity index (χ0v) is 15.5. The van der Waals surface area contributed by atoms with Gasteiger partial charge in [0, 0.05) is 10.8 Å². The van der Waals surface area contributed by atoms with Gasteiger partial charge in [-0.05, 0) is 18.6 Å². The number of amides is 1. The molecule has 0 saturated heterocycles. The number of aromatic hydroxyl groups is 1. The van der Waals surface area contributed by atoms with Crippen LogP contribution < -0.4 is 5.32 Å². The largest absolute Gasteiger partial charge is 0.505 e. The Morgan fingerprint density at radius 2 is 1.84 bits per heavy atom. The Morgan fingerprint density at radius 3 is 2.48 bits per heavy atom. The molecule has 0 aliphatic heterocycles. The van der Waals surface area contributed by atoms with Crippen molar-refractivity contribution in [1.29, 1.82) is 0 Å². The topological polar surface area (TPSA) is 88.5 Å². The van der Waals surface area contributed by atoms with Crippen LogP contribution in [-0.2, 0) is 9.53 Å². The molecule has 134 valence electrons. The highest BCUT2D eigenvalue weighted by atomic mass is 35.5. The predicted octanol–water partition coefficient (Wildman–Crippen LogP) is 3.97. The summed E-state index contributed by atoms with van der Waals surface area (Å²) in [6, 6.07) is 2.83. The number of hydrogen-bond donors (Lipinski definition) is 2. The summed E-state index contributed by atoms with van der Waals surface area (Å²) in [5, 5.41) is 13.6. The van der Waals surface area contributed by atoms with E-state index in [9.17, 15) is 14.7 Å². The van der Waals surface area contributed by atoms with Crippen molar-refractivity contribution in [3.63, 3.8) is 0 Å². The van der Waals surface area contributed by atoms with Crippen LogP contribution in [-0.4, -0.2) is 35.1 Å². The number of unbranched alkanes of at least 4 members (excludes halogenated alkanes) is 1. The van der Waals surface area contributed by atoms with Crippen LogP contribution in [0.25, 0.3) is 10.8 Å². The first-order valence-corrected chi connectivity index (χ1v) is 8.59. The third-order valence-corrected chi connectivity index (χ3v) is 4.35. The van der Waals surface area contributed by atoms with Gasteiger partial charge >= 0.3 is 5.97 Å². The number of nitrogens with zero attached hydrogens (tertiary/aromatic N) is 1. The van der Waals surface area contributed by atoms with Gasteiger partial charge in [0.15, 0.2) is 11.4 Å². The van der Waals surface area contributed by atoms with E-state index >= 15 is 0 Å². The summed E-state index contributed by atoms with van der Waals surface area (Å²) < 4.78 is 4.93. The highest BCUT2D eigenvalue weighted by Gasteiger charge is 2.20. The van der Waals surface area contributed by atoms with Crippen LogP contribution in [0, 0.1) is 0 Å². The van der Waals surface area contributed by atoms with E-state index < -0.39 is 17.6 Å². The second-order valence-electron chi connectivity index (χ2n) is 5.17. The number of hydrogen-bond acceptors (Lipinski definition) is 5. The summed E-state index contributed by atoms with van der Waals surface area (Å²) in [5.74, 6) is -1.75. The molecule has 2 aromatic rings. The SMILES string of the molecule is CCCCOC(=O)CNC(=O)c1nc(Cl)c2cc(Cl)c(Cl)cc2c1O. The number of nitrogens with one attached hydrogen (secondary N) is 1. The molecule has 0 fully saturated rings. The maximum absolute atomic E-state index is 12.2. The summed E-state index contributed by atoms with van der Waals surface area (Å²) >= 11 is 17.9. The Labute approximate surface area is 159 Å². The van der Waals surface area contributed by atoms with Crippen LogP contribution in [0.4, 0.5) is 0 Å². The smallest absolute Gasteiger partial charge is 0.325 e. The maximum atomic E-state index is 12.2. The van der Waals surface area contributed by atoms with Crippen LogP contribution in [0.2, 0.25) is 15.2 Å². The number of rotatable bonds is 6. The molecule has 0 atom stereocenters. The molecular weight excluding hydrogens is 391 g/mol. The first kappa shape index (κ1) is 19.6. The van der Waals surface area contributed by atoms with E-state index in [-0.39, 0.29) is 39.4 Å². The number of benzene rings is 1. The van der Waals surface area contributed by atoms with E-state index in [1.807, 2.05) is 6.92 Å². The Morgan fingerprint density at radius 1 is 1.20 bits per heavy atom. The van der Waals surface area contributed by atoms with Crippen molar-refractivity contribution >= 4 is 57.5 Å². The van der Waals surface area contributed by atoms with E-state index in [0.29, 0.717) is 5.39 Å². The summed E-state index contributed by atoms with van der Waals surface area (Å²) in [4.78, 5) is 27.6. The molecule has 0 bridgehead atoms. The molecule has 0 radical (unpaired) electrons. The standard InChI is InChI=1S/C16H15Cl3N2O4/c1-2-3-4-25-12(22)7-20-16(24)13-14(23)8-5-10(17)11(18)6-9(8)15(19)21-13/h5-6,23H,2-4,7H2,1H3,(H,20,24). The molecular formula is C16H15Cl3N2O4. The van der Waals surface area contributed by atoms with Crippen molar-refractivity contribution in [3.05, 3.63) is 33.0 Å². The van der Waals surface area contributed by atoms with Crippen LogP contribution in [0.15, 0.2) is 12.1 Å². The highest BCUT2D eigenvalue weighted by molar-refractivity contribution is 6.43. The molecule has 25 heavy (non-hydrogen) atoms. The van der Waals surface area contributed by atoms with Crippen molar-refractivity contribution < 1.29 is 19.4 Å². The minimum Gasteiger partial charge on any atom is -0.505 e. The molecule has 0 saturated carbocycles. The van der Waals surface area contributed by atoms with Gasteiger partial charge < -0.3 is 15.2 Å². The van der Waals surface area contributed by atoms with E-state index in [1.165, 1.54) is 12.1 Å². The lowest BCUT2D eigenvalue weighted by Gasteiger charge is -2.10. The van der Waals surface area contributed by atoms with Crippen LogP contribution in [0.3, 0.4) is 0 Å². The van der Waals surface area contributed by atoms with Crippen LogP contribution in [0.1, 0.15) is 30.3 Å². The van der Waals surface area contributed by atoms with Crippen LogP contribution >= 0.6 is 34.8 Å². The zero-order chi connectivity index (χ0) is 18.6. The van der Waals surface area contributed by atoms with Crippen molar-refractivity contribution in [2.24, 2.45) is 0 Å². The Balaban J connectivity index is 2.20. The second kappa shape index (κ2) is 8.56. The van der Waals surface area contributed by atoms with Gasteiger partial charge in [0.25, 0.3) is 5.91 Å². The molecule has 1 amide bonds. The molecule has 9 heteroatoms. The number of aromatic nitrogens is 1. The Hall–Kier alpha value is -1.76. The first-order chi connectivity index (χ1) is 11.8. The third kappa shape index (κ3) is 4.66. The van der Waals surface area contributed by atoms with Gasteiger partial charge in [0.05, 0.1) is 16.7 Å². The quantitative estimate of drug-likeness (QED) is 0.431. The molecule has 1 heterocycles. The molecule has 1 aromatic heterocycles. The normalized spacial score (nSPS) is 10.7. The van der Waals surface area contributed by atoms with Gasteiger partial charge in [0.2, 0.25) is 0 Å². The van der Waals surface area contributed by atoms with E-state index in [4.69, 9.17) is 39.5 Å². The van der Waals surface area contributed by atoms with E-state index in [1.54, 1.807) is 0 Å². The number of fused-ring (bicyclic) bond motifs is 1. The summed E-state index contributed by atoms with van der Waals surface area (Å²) in [6.45, 7) is 1.91. The van der Waals surface area contributed by atoms with Gasteiger partial charge in [-0.1, -0.05) is 48.1 Å². The number of pyridine rings is 1. The number of carbonyl (C=O) groups excluding carboxylic acids is 2. The number of ether oxygens (including phenoxy) is 1. The van der Waals surface area contributed by atoms with E-state index in [2.05, 4.69) is 10.3 Å². The monoisotopic (exact) mass is 404 g/mol. The lowest BCUT2D eigenvalue weighted by atomic mass is 10.1. The average Bonchev–Trinajstić information content (AvgIpc) is 2.58. The van der Waals surface area contributed by atoms with Crippen molar-refractivity contribution in [2.45, 2.75) is 19.8 Å². The fourth-order valence-electron chi connectivity index (χ4n) is 2.03. The minimum absolute atomic E-state index is 0.0259.